The Morgan fingerprint density at radius 1 is 1.00 bits per heavy atom. The van der Waals surface area contributed by atoms with Crippen molar-refractivity contribution < 1.29 is 33.4 Å². The summed E-state index contributed by atoms with van der Waals surface area (Å²) in [5, 5.41) is 4.80. The van der Waals surface area contributed by atoms with E-state index in [2.05, 4.69) is 10.6 Å². The second-order valence-electron chi connectivity index (χ2n) is 9.44. The molecule has 10 heteroatoms. The third-order valence-corrected chi connectivity index (χ3v) is 4.54. The second kappa shape index (κ2) is 12.8. The number of carbonyl (C=O) groups is 4. The van der Waals surface area contributed by atoms with Gasteiger partial charge in [-0.2, -0.15) is 0 Å². The van der Waals surface area contributed by atoms with E-state index in [9.17, 15) is 19.2 Å². The zero-order chi connectivity index (χ0) is 26.1. The highest BCUT2D eigenvalue weighted by atomic mass is 16.7. The van der Waals surface area contributed by atoms with E-state index in [1.165, 1.54) is 0 Å². The number of para-hydroxylation sites is 1. The molecule has 0 aliphatic heterocycles. The van der Waals surface area contributed by atoms with E-state index < -0.39 is 42.1 Å². The summed E-state index contributed by atoms with van der Waals surface area (Å²) in [6, 6.07) is 4.49. The molecule has 0 aromatic heterocycles. The van der Waals surface area contributed by atoms with Crippen molar-refractivity contribution in [3.63, 3.8) is 0 Å². The summed E-state index contributed by atoms with van der Waals surface area (Å²) in [4.78, 5) is 47.9. The summed E-state index contributed by atoms with van der Waals surface area (Å²) in [6.45, 7) is 12.7. The van der Waals surface area contributed by atoms with Gasteiger partial charge >= 0.3 is 12.2 Å². The minimum absolute atomic E-state index is 0.0674. The van der Waals surface area contributed by atoms with Crippen molar-refractivity contribution in [1.29, 1.82) is 0 Å². The molecular formula is C24H37N3O7. The summed E-state index contributed by atoms with van der Waals surface area (Å²) in [7, 11) is 0. The number of amides is 3. The number of rotatable bonds is 10. The van der Waals surface area contributed by atoms with Crippen LogP contribution in [0.25, 0.3) is 0 Å². The average Bonchev–Trinajstić information content (AvgIpc) is 2.68. The number of benzene rings is 1. The zero-order valence-corrected chi connectivity index (χ0v) is 21.0. The Labute approximate surface area is 200 Å². The number of hydrogen-bond acceptors (Lipinski definition) is 7. The fourth-order valence-corrected chi connectivity index (χ4v) is 3.01. The molecule has 0 radical (unpaired) electrons. The molecule has 1 aromatic rings. The predicted octanol–water partition coefficient (Wildman–Crippen LogP) is 3.33. The van der Waals surface area contributed by atoms with E-state index >= 15 is 0 Å². The van der Waals surface area contributed by atoms with E-state index in [1.54, 1.807) is 20.8 Å². The molecule has 0 heterocycles. The van der Waals surface area contributed by atoms with E-state index in [-0.39, 0.29) is 25.0 Å². The average molecular weight is 480 g/mol. The van der Waals surface area contributed by atoms with Gasteiger partial charge in [-0.3, -0.25) is 9.59 Å². The Morgan fingerprint density at radius 3 is 2.03 bits per heavy atom. The molecule has 0 spiro atoms. The molecule has 190 valence electrons. The van der Waals surface area contributed by atoms with Crippen LogP contribution in [-0.4, -0.2) is 48.9 Å². The van der Waals surface area contributed by atoms with Crippen LogP contribution in [0.1, 0.15) is 77.8 Å². The topological polar surface area (TPSA) is 146 Å². The first-order valence-corrected chi connectivity index (χ1v) is 11.2. The van der Waals surface area contributed by atoms with Gasteiger partial charge in [0.2, 0.25) is 11.8 Å². The molecule has 1 rings (SSSR count). The van der Waals surface area contributed by atoms with Gasteiger partial charge < -0.3 is 30.6 Å². The highest BCUT2D eigenvalue weighted by Gasteiger charge is 2.26. The summed E-state index contributed by atoms with van der Waals surface area (Å²) in [5.41, 5.74) is 6.17. The Bertz CT molecular complexity index is 850. The number of primary amides is 1. The lowest BCUT2D eigenvalue weighted by molar-refractivity contribution is -0.127. The van der Waals surface area contributed by atoms with Crippen molar-refractivity contribution in [3.05, 3.63) is 29.3 Å². The molecule has 34 heavy (non-hydrogen) atoms. The maximum Gasteiger partial charge on any atom is 0.513 e. The van der Waals surface area contributed by atoms with Crippen LogP contribution in [0.3, 0.4) is 0 Å². The molecule has 0 unspecified atom stereocenters. The molecule has 0 aliphatic rings. The van der Waals surface area contributed by atoms with Gasteiger partial charge in [-0.1, -0.05) is 45.9 Å². The second-order valence-corrected chi connectivity index (χ2v) is 9.44. The van der Waals surface area contributed by atoms with E-state index in [1.807, 2.05) is 45.9 Å². The van der Waals surface area contributed by atoms with Crippen LogP contribution < -0.4 is 21.1 Å². The molecule has 10 nitrogen and oxygen atoms in total. The number of ether oxygens (including phenoxy) is 3. The van der Waals surface area contributed by atoms with Crippen LogP contribution in [0.2, 0.25) is 0 Å². The van der Waals surface area contributed by atoms with Gasteiger partial charge in [0.15, 0.2) is 0 Å². The number of hydrogen-bond donors (Lipinski definition) is 3. The lowest BCUT2D eigenvalue weighted by atomic mass is 9.94. The van der Waals surface area contributed by atoms with Gasteiger partial charge in [-0.05, 0) is 43.7 Å². The molecular weight excluding hydrogens is 442 g/mol. The standard InChI is InChI=1S/C24H37N3O7/c1-14(2)16-9-8-10-17(15(3)4)20(16)33-23(31)32-12-11-26-21(29)18(13-19(25)28)27-22(30)34-24(5,6)7/h8-10,14-15,18H,11-13H2,1-7H3,(H2,25,28)(H,26,29)(H,27,30)/t18-/m0/s1. The summed E-state index contributed by atoms with van der Waals surface area (Å²) in [6.07, 6.45) is -2.18. The van der Waals surface area contributed by atoms with Gasteiger partial charge in [0.25, 0.3) is 0 Å². The van der Waals surface area contributed by atoms with Crippen molar-refractivity contribution >= 4 is 24.1 Å². The lowest BCUT2D eigenvalue weighted by Gasteiger charge is -2.22. The molecule has 0 saturated heterocycles. The molecule has 0 fully saturated rings. The van der Waals surface area contributed by atoms with Gasteiger partial charge in [0.1, 0.15) is 24.0 Å². The molecule has 0 aliphatic carbocycles. The minimum atomic E-state index is -1.23. The highest BCUT2D eigenvalue weighted by molar-refractivity contribution is 5.90. The maximum atomic E-state index is 12.4. The number of nitrogens with two attached hydrogens (primary N) is 1. The third-order valence-electron chi connectivity index (χ3n) is 4.54. The van der Waals surface area contributed by atoms with Crippen LogP contribution in [-0.2, 0) is 19.1 Å². The fraction of sp³-hybridized carbons (Fsp3) is 0.583. The molecule has 3 amide bonds. The van der Waals surface area contributed by atoms with Gasteiger partial charge in [-0.15, -0.1) is 0 Å². The Morgan fingerprint density at radius 2 is 1.56 bits per heavy atom. The Balaban J connectivity index is 2.66. The Kier molecular flexibility index (Phi) is 10.8. The van der Waals surface area contributed by atoms with Crippen molar-refractivity contribution in [2.45, 2.75) is 78.4 Å². The molecule has 4 N–H and O–H groups in total. The van der Waals surface area contributed by atoms with Gasteiger partial charge in [0, 0.05) is 0 Å². The third kappa shape index (κ3) is 10.1. The molecule has 0 bridgehead atoms. The van der Waals surface area contributed by atoms with Crippen molar-refractivity contribution in [3.8, 4) is 5.75 Å². The minimum Gasteiger partial charge on any atom is -0.444 e. The SMILES string of the molecule is CC(C)c1cccc(C(C)C)c1OC(=O)OCCNC(=O)[C@H](CC(N)=O)NC(=O)OC(C)(C)C. The number of alkyl carbamates (subject to hydrolysis) is 1. The number of nitrogens with one attached hydrogen (secondary N) is 2. The summed E-state index contributed by atoms with van der Waals surface area (Å²) < 4.78 is 15.7. The smallest absolute Gasteiger partial charge is 0.444 e. The first-order valence-electron chi connectivity index (χ1n) is 11.2. The summed E-state index contributed by atoms with van der Waals surface area (Å²) >= 11 is 0. The van der Waals surface area contributed by atoms with Crippen molar-refractivity contribution in [2.75, 3.05) is 13.2 Å². The number of carbonyl (C=O) groups excluding carboxylic acids is 4. The predicted molar refractivity (Wildman–Crippen MR) is 127 cm³/mol. The van der Waals surface area contributed by atoms with E-state index in [0.717, 1.165) is 11.1 Å². The molecule has 0 saturated carbocycles. The van der Waals surface area contributed by atoms with E-state index in [4.69, 9.17) is 19.9 Å². The summed E-state index contributed by atoms with van der Waals surface area (Å²) in [5.74, 6) is -0.694. The largest absolute Gasteiger partial charge is 0.513 e. The van der Waals surface area contributed by atoms with E-state index in [0.29, 0.717) is 5.75 Å². The van der Waals surface area contributed by atoms with Gasteiger partial charge in [0.05, 0.1) is 13.0 Å². The lowest BCUT2D eigenvalue weighted by Crippen LogP contribution is -2.50. The first kappa shape index (κ1) is 28.7. The zero-order valence-electron chi connectivity index (χ0n) is 21.0. The van der Waals surface area contributed by atoms with Gasteiger partial charge in [-0.25, -0.2) is 9.59 Å². The van der Waals surface area contributed by atoms with Crippen LogP contribution in [0.15, 0.2) is 18.2 Å². The fourth-order valence-electron chi connectivity index (χ4n) is 3.01. The highest BCUT2D eigenvalue weighted by Crippen LogP contribution is 2.34. The van der Waals surface area contributed by atoms with Crippen LogP contribution in [0.5, 0.6) is 5.75 Å². The van der Waals surface area contributed by atoms with Crippen molar-refractivity contribution in [2.24, 2.45) is 5.73 Å². The monoisotopic (exact) mass is 479 g/mol. The van der Waals surface area contributed by atoms with Crippen LogP contribution in [0.4, 0.5) is 9.59 Å². The van der Waals surface area contributed by atoms with Crippen molar-refractivity contribution in [1.82, 2.24) is 10.6 Å². The first-order chi connectivity index (χ1) is 15.7. The molecule has 1 aromatic carbocycles. The normalized spacial score (nSPS) is 12.1. The maximum absolute atomic E-state index is 12.4. The van der Waals surface area contributed by atoms with Crippen LogP contribution in [0, 0.1) is 0 Å². The Hall–Kier alpha value is -3.30. The van der Waals surface area contributed by atoms with Crippen LogP contribution >= 0.6 is 0 Å². The molecule has 1 atom stereocenters. The quantitative estimate of drug-likeness (QED) is 0.265.